The van der Waals surface area contributed by atoms with Gasteiger partial charge in [-0.15, -0.1) is 11.3 Å². The minimum atomic E-state index is 0.0207. The van der Waals surface area contributed by atoms with Gasteiger partial charge >= 0.3 is 0 Å². The van der Waals surface area contributed by atoms with Crippen LogP contribution >= 0.6 is 11.3 Å². The zero-order chi connectivity index (χ0) is 13.2. The van der Waals surface area contributed by atoms with Crippen molar-refractivity contribution in [2.45, 2.75) is 58.2 Å². The van der Waals surface area contributed by atoms with E-state index >= 15 is 0 Å². The van der Waals surface area contributed by atoms with Gasteiger partial charge in [0.05, 0.1) is 5.60 Å². The quantitative estimate of drug-likeness (QED) is 0.890. The van der Waals surface area contributed by atoms with Crippen LogP contribution in [0.25, 0.3) is 0 Å². The maximum absolute atomic E-state index is 5.79. The van der Waals surface area contributed by atoms with Crippen LogP contribution in [0.15, 0.2) is 17.5 Å². The second-order valence-electron chi connectivity index (χ2n) is 6.20. The molecule has 0 aliphatic carbocycles. The van der Waals surface area contributed by atoms with E-state index in [4.69, 9.17) is 4.74 Å². The van der Waals surface area contributed by atoms with Gasteiger partial charge in [0, 0.05) is 23.6 Å². The Hall–Kier alpha value is -0.380. The Morgan fingerprint density at radius 2 is 2.22 bits per heavy atom. The highest BCUT2D eigenvalue weighted by Crippen LogP contribution is 2.30. The maximum Gasteiger partial charge on any atom is 0.0641 e. The monoisotopic (exact) mass is 267 g/mol. The standard InChI is InChI=1S/C15H25NOS/c1-11(2)14(13-6-5-9-18-13)16-12-7-8-17-15(3,4)10-12/h5-6,9,11-12,14,16H,7-8,10H2,1-4H3. The number of ether oxygens (including phenoxy) is 1. The van der Waals surface area contributed by atoms with Crippen LogP contribution in [0.5, 0.6) is 0 Å². The average molecular weight is 267 g/mol. The largest absolute Gasteiger partial charge is 0.375 e. The van der Waals surface area contributed by atoms with Crippen LogP contribution in [0.4, 0.5) is 0 Å². The summed E-state index contributed by atoms with van der Waals surface area (Å²) in [6.07, 6.45) is 2.22. The third-order valence-electron chi connectivity index (χ3n) is 3.63. The summed E-state index contributed by atoms with van der Waals surface area (Å²) in [5, 5.41) is 6.01. The summed E-state index contributed by atoms with van der Waals surface area (Å²) in [4.78, 5) is 1.45. The number of nitrogens with one attached hydrogen (secondary N) is 1. The molecule has 102 valence electrons. The zero-order valence-corrected chi connectivity index (χ0v) is 12.7. The van der Waals surface area contributed by atoms with E-state index in [1.165, 1.54) is 4.88 Å². The van der Waals surface area contributed by atoms with Crippen LogP contribution in [0.3, 0.4) is 0 Å². The van der Waals surface area contributed by atoms with Crippen LogP contribution in [0.2, 0.25) is 0 Å². The van der Waals surface area contributed by atoms with Crippen LogP contribution in [0.1, 0.15) is 51.5 Å². The second-order valence-corrected chi connectivity index (χ2v) is 7.18. The van der Waals surface area contributed by atoms with Crippen LogP contribution in [-0.4, -0.2) is 18.2 Å². The van der Waals surface area contributed by atoms with Gasteiger partial charge in [0.25, 0.3) is 0 Å². The number of hydrogen-bond acceptors (Lipinski definition) is 3. The van der Waals surface area contributed by atoms with E-state index in [1.54, 1.807) is 0 Å². The van der Waals surface area contributed by atoms with Gasteiger partial charge in [0.1, 0.15) is 0 Å². The number of rotatable bonds is 4. The molecule has 1 aromatic rings. The SMILES string of the molecule is CC(C)C(NC1CCOC(C)(C)C1)c1cccs1. The normalized spacial score (nSPS) is 25.3. The molecule has 1 aliphatic heterocycles. The van der Waals surface area contributed by atoms with Crippen molar-refractivity contribution < 1.29 is 4.74 Å². The fourth-order valence-corrected chi connectivity index (χ4v) is 3.66. The van der Waals surface area contributed by atoms with Crippen molar-refractivity contribution >= 4 is 11.3 Å². The molecule has 1 N–H and O–H groups in total. The van der Waals surface area contributed by atoms with Crippen LogP contribution < -0.4 is 5.32 Å². The predicted octanol–water partition coefficient (Wildman–Crippen LogP) is 3.99. The smallest absolute Gasteiger partial charge is 0.0641 e. The van der Waals surface area contributed by atoms with Crippen molar-refractivity contribution in [1.82, 2.24) is 5.32 Å². The van der Waals surface area contributed by atoms with Crippen molar-refractivity contribution in [2.75, 3.05) is 6.61 Å². The van der Waals surface area contributed by atoms with Crippen molar-refractivity contribution in [3.05, 3.63) is 22.4 Å². The lowest BCUT2D eigenvalue weighted by Crippen LogP contribution is -2.45. The van der Waals surface area contributed by atoms with E-state index in [9.17, 15) is 0 Å². The lowest BCUT2D eigenvalue weighted by Gasteiger charge is -2.38. The first-order valence-electron chi connectivity index (χ1n) is 6.91. The van der Waals surface area contributed by atoms with Gasteiger partial charge < -0.3 is 10.1 Å². The molecule has 2 unspecified atom stereocenters. The van der Waals surface area contributed by atoms with E-state index in [0.29, 0.717) is 18.0 Å². The summed E-state index contributed by atoms with van der Waals surface area (Å²) < 4.78 is 5.79. The molecular weight excluding hydrogens is 242 g/mol. The highest BCUT2D eigenvalue weighted by molar-refractivity contribution is 7.10. The molecule has 2 heterocycles. The van der Waals surface area contributed by atoms with Gasteiger partial charge in [0.2, 0.25) is 0 Å². The molecule has 1 saturated heterocycles. The molecule has 0 saturated carbocycles. The van der Waals surface area contributed by atoms with Gasteiger partial charge in [-0.25, -0.2) is 0 Å². The Balaban J connectivity index is 2.01. The van der Waals surface area contributed by atoms with Gasteiger partial charge in [-0.3, -0.25) is 0 Å². The summed E-state index contributed by atoms with van der Waals surface area (Å²) in [5.41, 5.74) is 0.0207. The summed E-state index contributed by atoms with van der Waals surface area (Å²) in [7, 11) is 0. The Morgan fingerprint density at radius 3 is 2.78 bits per heavy atom. The third-order valence-corrected chi connectivity index (χ3v) is 4.58. The first-order chi connectivity index (χ1) is 8.48. The van der Waals surface area contributed by atoms with Gasteiger partial charge in [-0.05, 0) is 44.1 Å². The molecule has 2 rings (SSSR count). The minimum Gasteiger partial charge on any atom is -0.375 e. The van der Waals surface area contributed by atoms with Crippen LogP contribution in [-0.2, 0) is 4.74 Å². The molecule has 0 amide bonds. The fourth-order valence-electron chi connectivity index (χ4n) is 2.70. The molecule has 1 aliphatic rings. The Labute approximate surface area is 115 Å². The zero-order valence-electron chi connectivity index (χ0n) is 11.9. The van der Waals surface area contributed by atoms with E-state index in [1.807, 2.05) is 11.3 Å². The van der Waals surface area contributed by atoms with E-state index in [0.717, 1.165) is 19.4 Å². The minimum absolute atomic E-state index is 0.0207. The number of thiophene rings is 1. The van der Waals surface area contributed by atoms with E-state index in [-0.39, 0.29) is 5.60 Å². The topological polar surface area (TPSA) is 21.3 Å². The van der Waals surface area contributed by atoms with Crippen LogP contribution in [0, 0.1) is 5.92 Å². The molecule has 0 spiro atoms. The van der Waals surface area contributed by atoms with Crippen molar-refractivity contribution in [1.29, 1.82) is 0 Å². The summed E-state index contributed by atoms with van der Waals surface area (Å²) in [5.74, 6) is 0.620. The summed E-state index contributed by atoms with van der Waals surface area (Å²) in [6.45, 7) is 9.84. The first kappa shape index (κ1) is 14.0. The van der Waals surface area contributed by atoms with Gasteiger partial charge in [0.15, 0.2) is 0 Å². The predicted molar refractivity (Wildman–Crippen MR) is 78.1 cm³/mol. The van der Waals surface area contributed by atoms with Crippen molar-refractivity contribution in [3.63, 3.8) is 0 Å². The maximum atomic E-state index is 5.79. The lowest BCUT2D eigenvalue weighted by molar-refractivity contribution is -0.0648. The Bertz CT molecular complexity index is 359. The molecule has 1 aromatic heterocycles. The summed E-state index contributed by atoms with van der Waals surface area (Å²) >= 11 is 1.85. The molecule has 0 bridgehead atoms. The van der Waals surface area contributed by atoms with E-state index in [2.05, 4.69) is 50.5 Å². The van der Waals surface area contributed by atoms with Gasteiger partial charge in [-0.2, -0.15) is 0 Å². The molecule has 0 radical (unpaired) electrons. The van der Waals surface area contributed by atoms with E-state index < -0.39 is 0 Å². The average Bonchev–Trinajstić information content (AvgIpc) is 2.77. The molecule has 2 nitrogen and oxygen atoms in total. The lowest BCUT2D eigenvalue weighted by atomic mass is 9.92. The Kier molecular flexibility index (Phi) is 4.46. The Morgan fingerprint density at radius 1 is 1.44 bits per heavy atom. The fraction of sp³-hybridized carbons (Fsp3) is 0.733. The highest BCUT2D eigenvalue weighted by Gasteiger charge is 2.31. The molecule has 2 atom stereocenters. The van der Waals surface area contributed by atoms with Crippen molar-refractivity contribution in [3.8, 4) is 0 Å². The first-order valence-corrected chi connectivity index (χ1v) is 7.79. The second kappa shape index (κ2) is 5.72. The third kappa shape index (κ3) is 3.56. The molecular formula is C15H25NOS. The van der Waals surface area contributed by atoms with Crippen molar-refractivity contribution in [2.24, 2.45) is 5.92 Å². The highest BCUT2D eigenvalue weighted by atomic mass is 32.1. The van der Waals surface area contributed by atoms with Gasteiger partial charge in [-0.1, -0.05) is 19.9 Å². The summed E-state index contributed by atoms with van der Waals surface area (Å²) in [6, 6.07) is 5.43. The molecule has 0 aromatic carbocycles. The molecule has 3 heteroatoms. The molecule has 1 fully saturated rings. The molecule has 18 heavy (non-hydrogen) atoms. The number of hydrogen-bond donors (Lipinski definition) is 1.